The fourth-order valence-electron chi connectivity index (χ4n) is 5.38. The van der Waals surface area contributed by atoms with Crippen molar-refractivity contribution >= 4 is 29.8 Å². The monoisotopic (exact) mass is 622 g/mol. The first-order valence-corrected chi connectivity index (χ1v) is 15.3. The summed E-state index contributed by atoms with van der Waals surface area (Å²) in [5.74, 6) is -2.35. The lowest BCUT2D eigenvalue weighted by molar-refractivity contribution is -0.167. The Morgan fingerprint density at radius 2 is 1.47 bits per heavy atom. The van der Waals surface area contributed by atoms with Gasteiger partial charge in [-0.2, -0.15) is 0 Å². The quantitative estimate of drug-likeness (QED) is 0.229. The van der Waals surface area contributed by atoms with Crippen molar-refractivity contribution in [1.29, 1.82) is 0 Å². The Kier molecular flexibility index (Phi) is 12.1. The number of carbonyl (C=O) groups excluding carboxylic acids is 5. The highest BCUT2D eigenvalue weighted by Crippen LogP contribution is 2.43. The Balaban J connectivity index is 1.86. The molecule has 1 aliphatic rings. The molecular weight excluding hydrogens is 576 g/mol. The van der Waals surface area contributed by atoms with E-state index in [2.05, 4.69) is 16.0 Å². The Labute approximate surface area is 265 Å². The number of rotatable bonds is 13. The number of amides is 4. The molecule has 1 fully saturated rings. The highest BCUT2D eigenvalue weighted by atomic mass is 16.6. The van der Waals surface area contributed by atoms with Crippen LogP contribution in [0.15, 0.2) is 60.7 Å². The van der Waals surface area contributed by atoms with Gasteiger partial charge in [-0.25, -0.2) is 4.79 Å². The van der Waals surface area contributed by atoms with Gasteiger partial charge in [0.15, 0.2) is 0 Å². The number of β-lactam (4-membered cyclic amide) rings is 1. The van der Waals surface area contributed by atoms with E-state index in [9.17, 15) is 24.0 Å². The normalized spacial score (nSPS) is 18.2. The topological polar surface area (TPSA) is 143 Å². The molecule has 11 nitrogen and oxygen atoms in total. The maximum atomic E-state index is 14.0. The molecule has 2 aromatic carbocycles. The van der Waals surface area contributed by atoms with Crippen molar-refractivity contribution in [2.45, 2.75) is 84.2 Å². The van der Waals surface area contributed by atoms with Crippen LogP contribution in [0.4, 0.5) is 4.79 Å². The molecule has 5 atom stereocenters. The van der Waals surface area contributed by atoms with Crippen LogP contribution in [-0.4, -0.2) is 72.1 Å². The maximum absolute atomic E-state index is 14.0. The first kappa shape index (κ1) is 35.1. The van der Waals surface area contributed by atoms with E-state index in [0.717, 1.165) is 11.1 Å². The van der Waals surface area contributed by atoms with Crippen LogP contribution < -0.4 is 16.0 Å². The molecule has 0 aliphatic carbocycles. The molecule has 45 heavy (non-hydrogen) atoms. The molecule has 3 rings (SSSR count). The second kappa shape index (κ2) is 15.5. The Morgan fingerprint density at radius 1 is 0.867 bits per heavy atom. The molecule has 0 aromatic heterocycles. The zero-order chi connectivity index (χ0) is 33.3. The number of esters is 1. The number of methoxy groups -OCH3 is 1. The first-order chi connectivity index (χ1) is 21.2. The summed E-state index contributed by atoms with van der Waals surface area (Å²) in [5.41, 5.74) is 0.909. The highest BCUT2D eigenvalue weighted by Gasteiger charge is 2.53. The summed E-state index contributed by atoms with van der Waals surface area (Å²) in [4.78, 5) is 66.7. The predicted molar refractivity (Wildman–Crippen MR) is 169 cm³/mol. The number of nitrogens with one attached hydrogen (secondary N) is 3. The zero-order valence-corrected chi connectivity index (χ0v) is 27.2. The minimum atomic E-state index is -1.01. The Hall–Kier alpha value is -4.41. The van der Waals surface area contributed by atoms with E-state index in [1.807, 2.05) is 74.5 Å². The van der Waals surface area contributed by atoms with Gasteiger partial charge in [-0.15, -0.1) is 0 Å². The van der Waals surface area contributed by atoms with Crippen molar-refractivity contribution in [3.05, 3.63) is 71.8 Å². The third kappa shape index (κ3) is 10.1. The molecule has 1 aliphatic heterocycles. The van der Waals surface area contributed by atoms with E-state index >= 15 is 0 Å². The van der Waals surface area contributed by atoms with Gasteiger partial charge < -0.3 is 30.3 Å². The molecule has 0 unspecified atom stereocenters. The summed E-state index contributed by atoms with van der Waals surface area (Å²) >= 11 is 0. The van der Waals surface area contributed by atoms with Gasteiger partial charge in [0.1, 0.15) is 24.2 Å². The van der Waals surface area contributed by atoms with Gasteiger partial charge in [-0.3, -0.25) is 19.2 Å². The van der Waals surface area contributed by atoms with E-state index in [1.165, 1.54) is 18.9 Å². The van der Waals surface area contributed by atoms with Gasteiger partial charge in [0.25, 0.3) is 0 Å². The minimum Gasteiger partial charge on any atom is -0.468 e. The van der Waals surface area contributed by atoms with E-state index in [1.54, 1.807) is 20.8 Å². The summed E-state index contributed by atoms with van der Waals surface area (Å²) in [5, 5.41) is 8.37. The third-order valence-electron chi connectivity index (χ3n) is 7.44. The number of hydrogen-bond acceptors (Lipinski definition) is 7. The fourth-order valence-corrected chi connectivity index (χ4v) is 5.38. The molecule has 244 valence electrons. The predicted octanol–water partition coefficient (Wildman–Crippen LogP) is 3.53. The van der Waals surface area contributed by atoms with Gasteiger partial charge in [0, 0.05) is 12.5 Å². The number of hydrogen-bond donors (Lipinski definition) is 3. The standard InChI is InChI=1S/C34H46N4O7/c1-21(2)18-25(28-29(24-16-12-9-13-17-24)38(32(28)42)20-27(39)44-7)36-31(41)26(19-23-14-10-8-11-15-23)37-30(40)22(3)35-33(43)45-34(4,5)6/h8-17,21-22,25-26,28-29H,18-20H2,1-7H3,(H,35,43)(H,36,41)(H,37,40)/t22-,25-,26-,28-,29-/m0/s1. The zero-order valence-electron chi connectivity index (χ0n) is 27.2. The van der Waals surface area contributed by atoms with Crippen molar-refractivity contribution in [1.82, 2.24) is 20.9 Å². The van der Waals surface area contributed by atoms with E-state index in [4.69, 9.17) is 9.47 Å². The largest absolute Gasteiger partial charge is 0.468 e. The number of alkyl carbamates (subject to hydrolysis) is 1. The van der Waals surface area contributed by atoms with E-state index < -0.39 is 59.6 Å². The average molecular weight is 623 g/mol. The molecule has 0 radical (unpaired) electrons. The van der Waals surface area contributed by atoms with Crippen molar-refractivity contribution in [2.24, 2.45) is 11.8 Å². The lowest BCUT2D eigenvalue weighted by Crippen LogP contribution is -2.65. The highest BCUT2D eigenvalue weighted by molar-refractivity contribution is 5.93. The van der Waals surface area contributed by atoms with Crippen molar-refractivity contribution in [2.75, 3.05) is 13.7 Å². The first-order valence-electron chi connectivity index (χ1n) is 15.3. The second-order valence-electron chi connectivity index (χ2n) is 12.8. The molecule has 11 heteroatoms. The lowest BCUT2D eigenvalue weighted by atomic mass is 9.75. The molecule has 0 spiro atoms. The van der Waals surface area contributed by atoms with Gasteiger partial charge in [-0.05, 0) is 51.2 Å². The van der Waals surface area contributed by atoms with Crippen molar-refractivity contribution in [3.63, 3.8) is 0 Å². The average Bonchev–Trinajstić information content (AvgIpc) is 2.97. The molecule has 4 amide bonds. The van der Waals surface area contributed by atoms with Gasteiger partial charge in [0.2, 0.25) is 17.7 Å². The van der Waals surface area contributed by atoms with Crippen LogP contribution in [-0.2, 0) is 35.1 Å². The number of ether oxygens (including phenoxy) is 2. The minimum absolute atomic E-state index is 0.120. The van der Waals surface area contributed by atoms with Gasteiger partial charge in [0.05, 0.1) is 19.1 Å². The van der Waals surface area contributed by atoms with Crippen molar-refractivity contribution in [3.8, 4) is 0 Å². The van der Waals surface area contributed by atoms with Crippen molar-refractivity contribution < 1.29 is 33.4 Å². The number of nitrogens with zero attached hydrogens (tertiary/aromatic N) is 1. The SMILES string of the molecule is COC(=O)CN1C(=O)[C@@H]([C@H](CC(C)C)NC(=O)[C@H](Cc2ccccc2)NC(=O)[C@H](C)NC(=O)OC(C)(C)C)[C@@H]1c1ccccc1. The van der Waals surface area contributed by atoms with E-state index in [0.29, 0.717) is 6.42 Å². The molecule has 3 N–H and O–H groups in total. The number of carbonyl (C=O) groups is 5. The fraction of sp³-hybridized carbons (Fsp3) is 0.500. The van der Waals surface area contributed by atoms with E-state index in [-0.39, 0.29) is 24.8 Å². The van der Waals surface area contributed by atoms with Crippen LogP contribution in [0.2, 0.25) is 0 Å². The number of benzene rings is 2. The summed E-state index contributed by atoms with van der Waals surface area (Å²) in [6.07, 6.45) is -0.0837. The molecule has 1 saturated heterocycles. The van der Waals surface area contributed by atoms with Crippen LogP contribution in [0.1, 0.15) is 65.1 Å². The smallest absolute Gasteiger partial charge is 0.408 e. The van der Waals surface area contributed by atoms with Gasteiger partial charge in [-0.1, -0.05) is 74.5 Å². The lowest BCUT2D eigenvalue weighted by Gasteiger charge is -2.50. The second-order valence-corrected chi connectivity index (χ2v) is 12.8. The summed E-state index contributed by atoms with van der Waals surface area (Å²) in [6, 6.07) is 15.6. The Bertz CT molecular complexity index is 1330. The summed E-state index contributed by atoms with van der Waals surface area (Å²) < 4.78 is 10.1. The maximum Gasteiger partial charge on any atom is 0.408 e. The number of likely N-dealkylation sites (tertiary alicyclic amines) is 1. The molecular formula is C34H46N4O7. The molecule has 0 saturated carbocycles. The van der Waals surface area contributed by atoms with Crippen LogP contribution >= 0.6 is 0 Å². The van der Waals surface area contributed by atoms with Crippen LogP contribution in [0.25, 0.3) is 0 Å². The summed E-state index contributed by atoms with van der Waals surface area (Å²) in [7, 11) is 1.27. The van der Waals surface area contributed by atoms with Crippen LogP contribution in [0.5, 0.6) is 0 Å². The van der Waals surface area contributed by atoms with Crippen LogP contribution in [0.3, 0.4) is 0 Å². The molecule has 2 aromatic rings. The molecule has 1 heterocycles. The Morgan fingerprint density at radius 3 is 2.02 bits per heavy atom. The molecule has 0 bridgehead atoms. The van der Waals surface area contributed by atoms with Crippen LogP contribution in [0, 0.1) is 11.8 Å². The van der Waals surface area contributed by atoms with Gasteiger partial charge >= 0.3 is 12.1 Å². The third-order valence-corrected chi connectivity index (χ3v) is 7.44. The summed E-state index contributed by atoms with van der Waals surface area (Å²) in [6.45, 7) is 10.5.